The normalized spacial score (nSPS) is 13.4. The van der Waals surface area contributed by atoms with E-state index in [1.165, 1.54) is 0 Å². The molecule has 2 amide bonds. The van der Waals surface area contributed by atoms with Crippen LogP contribution in [0.4, 0.5) is 5.69 Å². The van der Waals surface area contributed by atoms with Gasteiger partial charge >= 0.3 is 0 Å². The van der Waals surface area contributed by atoms with Crippen LogP contribution in [0.1, 0.15) is 36.5 Å². The van der Waals surface area contributed by atoms with Crippen molar-refractivity contribution in [3.63, 3.8) is 0 Å². The summed E-state index contributed by atoms with van der Waals surface area (Å²) < 4.78 is 13.0. The Morgan fingerprint density at radius 1 is 1.06 bits per heavy atom. The zero-order chi connectivity index (χ0) is 23.0. The van der Waals surface area contributed by atoms with Gasteiger partial charge in [-0.25, -0.2) is 9.67 Å². The Hall–Kier alpha value is -3.88. The average molecular weight is 450 g/mol. The van der Waals surface area contributed by atoms with E-state index in [2.05, 4.69) is 15.4 Å². The molecule has 0 saturated carbocycles. The monoisotopic (exact) mass is 449 g/mol. The molecule has 1 aliphatic rings. The molecule has 4 rings (SSSR count). The number of carbonyl (C=O) groups excluding carboxylic acids is 2. The molecule has 0 bridgehead atoms. The van der Waals surface area contributed by atoms with Crippen LogP contribution in [0.25, 0.3) is 5.82 Å². The van der Waals surface area contributed by atoms with Crippen LogP contribution < -0.4 is 14.8 Å². The molecule has 0 aliphatic carbocycles. The molecular formula is C24H27N5O4. The number of ether oxygens (including phenoxy) is 2. The Morgan fingerprint density at radius 3 is 2.61 bits per heavy atom. The van der Waals surface area contributed by atoms with Crippen molar-refractivity contribution in [3.05, 3.63) is 60.6 Å². The maximum absolute atomic E-state index is 12.8. The van der Waals surface area contributed by atoms with E-state index in [0.29, 0.717) is 35.2 Å². The van der Waals surface area contributed by atoms with E-state index in [9.17, 15) is 9.59 Å². The fraction of sp³-hybridized carbons (Fsp3) is 0.333. The van der Waals surface area contributed by atoms with Crippen molar-refractivity contribution < 1.29 is 19.1 Å². The lowest BCUT2D eigenvalue weighted by Crippen LogP contribution is -2.38. The van der Waals surface area contributed by atoms with E-state index in [4.69, 9.17) is 9.47 Å². The molecule has 9 heteroatoms. The van der Waals surface area contributed by atoms with Gasteiger partial charge in [0.15, 0.2) is 23.9 Å². The first-order valence-electron chi connectivity index (χ1n) is 11.1. The lowest BCUT2D eigenvalue weighted by Gasteiger charge is -2.26. The van der Waals surface area contributed by atoms with Gasteiger partial charge in [-0.1, -0.05) is 0 Å². The van der Waals surface area contributed by atoms with Crippen LogP contribution in [-0.2, 0) is 4.79 Å². The smallest absolute Gasteiger partial charge is 0.260 e. The topological polar surface area (TPSA) is 98.6 Å². The van der Waals surface area contributed by atoms with E-state index in [1.807, 2.05) is 17.9 Å². The summed E-state index contributed by atoms with van der Waals surface area (Å²) in [5.41, 5.74) is 0.964. The van der Waals surface area contributed by atoms with E-state index in [1.54, 1.807) is 53.6 Å². The summed E-state index contributed by atoms with van der Waals surface area (Å²) in [5.74, 6) is 1.16. The van der Waals surface area contributed by atoms with Crippen molar-refractivity contribution in [3.8, 4) is 17.3 Å². The minimum Gasteiger partial charge on any atom is -0.490 e. The highest BCUT2D eigenvalue weighted by molar-refractivity contribution is 6.04. The third-order valence-corrected chi connectivity index (χ3v) is 5.31. The van der Waals surface area contributed by atoms with E-state index >= 15 is 0 Å². The Balaban J connectivity index is 1.40. The molecule has 3 heterocycles. The van der Waals surface area contributed by atoms with Crippen LogP contribution >= 0.6 is 0 Å². The fourth-order valence-corrected chi connectivity index (χ4v) is 3.61. The van der Waals surface area contributed by atoms with Crippen LogP contribution in [0.3, 0.4) is 0 Å². The van der Waals surface area contributed by atoms with Crippen molar-refractivity contribution in [2.45, 2.75) is 26.2 Å². The predicted molar refractivity (Wildman–Crippen MR) is 123 cm³/mol. The summed E-state index contributed by atoms with van der Waals surface area (Å²) in [6.07, 6.45) is 8.25. The Morgan fingerprint density at radius 2 is 1.91 bits per heavy atom. The third-order valence-electron chi connectivity index (χ3n) is 5.31. The predicted octanol–water partition coefficient (Wildman–Crippen LogP) is 3.31. The van der Waals surface area contributed by atoms with Gasteiger partial charge in [0.25, 0.3) is 11.8 Å². The number of nitrogens with one attached hydrogen (secondary N) is 1. The van der Waals surface area contributed by atoms with Gasteiger partial charge in [-0.05, 0) is 62.6 Å². The zero-order valence-electron chi connectivity index (χ0n) is 18.6. The number of pyridine rings is 1. The number of benzene rings is 1. The van der Waals surface area contributed by atoms with Crippen molar-refractivity contribution >= 4 is 17.5 Å². The number of carbonyl (C=O) groups is 2. The first-order valence-corrected chi connectivity index (χ1v) is 11.1. The molecule has 1 saturated heterocycles. The summed E-state index contributed by atoms with van der Waals surface area (Å²) in [6, 6.07) is 10.3. The van der Waals surface area contributed by atoms with Gasteiger partial charge in [-0.3, -0.25) is 9.59 Å². The number of hydrogen-bond acceptors (Lipinski definition) is 6. The third kappa shape index (κ3) is 5.68. The minimum absolute atomic E-state index is 0.0370. The minimum atomic E-state index is -0.305. The highest BCUT2D eigenvalue weighted by atomic mass is 16.5. The molecule has 1 aliphatic heterocycles. The second-order valence-electron chi connectivity index (χ2n) is 7.63. The molecule has 172 valence electrons. The van der Waals surface area contributed by atoms with Gasteiger partial charge < -0.3 is 19.7 Å². The summed E-state index contributed by atoms with van der Waals surface area (Å²) in [4.78, 5) is 31.3. The molecule has 2 aromatic heterocycles. The van der Waals surface area contributed by atoms with Crippen molar-refractivity contribution in [2.24, 2.45) is 0 Å². The number of likely N-dealkylation sites (tertiary alicyclic amines) is 1. The van der Waals surface area contributed by atoms with Gasteiger partial charge in [0.2, 0.25) is 0 Å². The van der Waals surface area contributed by atoms with Crippen LogP contribution in [-0.4, -0.2) is 57.8 Å². The molecule has 0 radical (unpaired) electrons. The molecule has 0 atom stereocenters. The maximum atomic E-state index is 12.8. The lowest BCUT2D eigenvalue weighted by molar-refractivity contribution is -0.134. The standard InChI is InChI=1S/C24H27N5O4/c1-2-32-21-15-18(7-9-20(21)33-17-23(30)28-12-4-3-5-13-28)24(31)27-19-8-10-22(25-16-19)29-14-6-11-26-29/h6-11,14-16H,2-5,12-13,17H2,1H3,(H,27,31). The zero-order valence-corrected chi connectivity index (χ0v) is 18.6. The number of amides is 2. The van der Waals surface area contributed by atoms with Crippen LogP contribution in [0.15, 0.2) is 55.0 Å². The molecule has 1 fully saturated rings. The lowest BCUT2D eigenvalue weighted by atomic mass is 10.1. The average Bonchev–Trinajstić information content (AvgIpc) is 3.39. The highest BCUT2D eigenvalue weighted by Crippen LogP contribution is 2.29. The highest BCUT2D eigenvalue weighted by Gasteiger charge is 2.18. The summed E-state index contributed by atoms with van der Waals surface area (Å²) in [5, 5.41) is 6.95. The maximum Gasteiger partial charge on any atom is 0.260 e. The fourth-order valence-electron chi connectivity index (χ4n) is 3.61. The van der Waals surface area contributed by atoms with Gasteiger partial charge in [0.1, 0.15) is 0 Å². The van der Waals surface area contributed by atoms with E-state index < -0.39 is 0 Å². The van der Waals surface area contributed by atoms with Crippen LogP contribution in [0.5, 0.6) is 11.5 Å². The number of piperidine rings is 1. The van der Waals surface area contributed by atoms with Crippen molar-refractivity contribution in [1.29, 1.82) is 0 Å². The SMILES string of the molecule is CCOc1cc(C(=O)Nc2ccc(-n3cccn3)nc2)ccc1OCC(=O)N1CCCCC1. The molecule has 1 N–H and O–H groups in total. The van der Waals surface area contributed by atoms with Crippen molar-refractivity contribution in [1.82, 2.24) is 19.7 Å². The molecule has 33 heavy (non-hydrogen) atoms. The molecule has 3 aromatic rings. The molecule has 0 spiro atoms. The van der Waals surface area contributed by atoms with Crippen LogP contribution in [0, 0.1) is 0 Å². The first kappa shape index (κ1) is 22.3. The van der Waals surface area contributed by atoms with Gasteiger partial charge in [0.05, 0.1) is 18.5 Å². The number of hydrogen-bond donors (Lipinski definition) is 1. The van der Waals surface area contributed by atoms with Gasteiger partial charge in [0, 0.05) is 31.0 Å². The van der Waals surface area contributed by atoms with Crippen molar-refractivity contribution in [2.75, 3.05) is 31.6 Å². The molecule has 1 aromatic carbocycles. The second kappa shape index (κ2) is 10.6. The summed E-state index contributed by atoms with van der Waals surface area (Å²) in [7, 11) is 0. The summed E-state index contributed by atoms with van der Waals surface area (Å²) >= 11 is 0. The van der Waals surface area contributed by atoms with Crippen LogP contribution in [0.2, 0.25) is 0 Å². The van der Waals surface area contributed by atoms with Gasteiger partial charge in [-0.2, -0.15) is 5.10 Å². The Labute approximate surface area is 192 Å². The Kier molecular flexibility index (Phi) is 7.19. The molecule has 0 unspecified atom stereocenters. The second-order valence-corrected chi connectivity index (χ2v) is 7.63. The quantitative estimate of drug-likeness (QED) is 0.567. The number of rotatable bonds is 8. The molecule has 9 nitrogen and oxygen atoms in total. The van der Waals surface area contributed by atoms with E-state index in [0.717, 1.165) is 32.4 Å². The molecular weight excluding hydrogens is 422 g/mol. The summed E-state index contributed by atoms with van der Waals surface area (Å²) in [6.45, 7) is 3.75. The number of nitrogens with zero attached hydrogens (tertiary/aromatic N) is 4. The Bertz CT molecular complexity index is 1080. The van der Waals surface area contributed by atoms with Gasteiger partial charge in [-0.15, -0.1) is 0 Å². The first-order chi connectivity index (χ1) is 16.1. The number of anilines is 1. The largest absolute Gasteiger partial charge is 0.490 e. The number of aromatic nitrogens is 3. The van der Waals surface area contributed by atoms with E-state index in [-0.39, 0.29) is 18.4 Å².